The van der Waals surface area contributed by atoms with E-state index >= 15 is 0 Å². The molecule has 0 radical (unpaired) electrons. The monoisotopic (exact) mass is 280 g/mol. The number of nitrogens with zero attached hydrogens (tertiary/aromatic N) is 3. The summed E-state index contributed by atoms with van der Waals surface area (Å²) in [6.45, 7) is 0. The first-order valence-corrected chi connectivity index (χ1v) is 7.28. The van der Waals surface area contributed by atoms with Crippen LogP contribution in [0.4, 0.5) is 5.69 Å². The van der Waals surface area contributed by atoms with Crippen LogP contribution in [0.15, 0.2) is 47.5 Å². The van der Waals surface area contributed by atoms with E-state index in [-0.39, 0.29) is 0 Å². The molecule has 5 heteroatoms. The highest BCUT2D eigenvalue weighted by Gasteiger charge is 2.12. The number of hydrogen-bond acceptors (Lipinski definition) is 4. The highest BCUT2D eigenvalue weighted by atomic mass is 32.2. The Bertz CT molecular complexity index is 829. The second kappa shape index (κ2) is 4.91. The van der Waals surface area contributed by atoms with E-state index < -0.39 is 0 Å². The zero-order valence-corrected chi connectivity index (χ0v) is 11.7. The van der Waals surface area contributed by atoms with Crippen LogP contribution in [0, 0.1) is 11.3 Å². The number of rotatable bonds is 2. The predicted octanol–water partition coefficient (Wildman–Crippen LogP) is 3.20. The first-order chi connectivity index (χ1) is 9.74. The lowest BCUT2D eigenvalue weighted by Crippen LogP contribution is -2.00. The molecule has 0 fully saturated rings. The van der Waals surface area contributed by atoms with Gasteiger partial charge >= 0.3 is 0 Å². The van der Waals surface area contributed by atoms with Gasteiger partial charge in [-0.3, -0.25) is 0 Å². The number of aromatic nitrogens is 2. The third-order valence-corrected chi connectivity index (χ3v) is 3.94. The molecule has 0 saturated heterocycles. The molecule has 20 heavy (non-hydrogen) atoms. The number of anilines is 1. The van der Waals surface area contributed by atoms with Crippen LogP contribution in [0.3, 0.4) is 0 Å². The molecule has 1 aromatic heterocycles. The Morgan fingerprint density at radius 1 is 1.30 bits per heavy atom. The minimum atomic E-state index is 0.632. The van der Waals surface area contributed by atoms with Gasteiger partial charge in [0.1, 0.15) is 6.07 Å². The second-order valence-electron chi connectivity index (χ2n) is 4.34. The summed E-state index contributed by atoms with van der Waals surface area (Å²) in [6, 6.07) is 13.7. The highest BCUT2D eigenvalue weighted by Crippen LogP contribution is 2.28. The fraction of sp³-hybridized carbons (Fsp3) is 0.0667. The van der Waals surface area contributed by atoms with Gasteiger partial charge in [-0.1, -0.05) is 6.07 Å². The van der Waals surface area contributed by atoms with Crippen molar-refractivity contribution in [2.45, 2.75) is 4.90 Å². The molecular formula is C15H12N4S. The van der Waals surface area contributed by atoms with Gasteiger partial charge in [0.2, 0.25) is 0 Å². The van der Waals surface area contributed by atoms with Crippen LogP contribution in [-0.2, 0) is 0 Å². The van der Waals surface area contributed by atoms with Gasteiger partial charge in [0.05, 0.1) is 23.0 Å². The zero-order chi connectivity index (χ0) is 14.1. The fourth-order valence-corrected chi connectivity index (χ4v) is 2.77. The lowest BCUT2D eigenvalue weighted by atomic mass is 10.2. The Kier molecular flexibility index (Phi) is 3.09. The summed E-state index contributed by atoms with van der Waals surface area (Å²) < 4.78 is 1.77. The normalized spacial score (nSPS) is 10.6. The standard InChI is InChI=1S/C15H12N4S/c1-20-15-4-2-3-13(12(15)8-16)19-14-7-11(17)6-5-10(14)9-18-19/h2-7,9H,17H2,1H3. The average Bonchev–Trinajstić information content (AvgIpc) is 2.89. The first-order valence-electron chi connectivity index (χ1n) is 6.05. The van der Waals surface area contributed by atoms with E-state index in [0.29, 0.717) is 11.3 Å². The Morgan fingerprint density at radius 3 is 2.90 bits per heavy atom. The number of nitrogens with two attached hydrogens (primary N) is 1. The first kappa shape index (κ1) is 12.6. The Balaban J connectivity index is 2.32. The van der Waals surface area contributed by atoms with Gasteiger partial charge in [-0.2, -0.15) is 10.4 Å². The van der Waals surface area contributed by atoms with Gasteiger partial charge in [0, 0.05) is 16.0 Å². The van der Waals surface area contributed by atoms with Crippen LogP contribution in [0.2, 0.25) is 0 Å². The summed E-state index contributed by atoms with van der Waals surface area (Å²) in [5, 5.41) is 14.8. The lowest BCUT2D eigenvalue weighted by molar-refractivity contribution is 0.902. The van der Waals surface area contributed by atoms with Crippen LogP contribution < -0.4 is 5.73 Å². The van der Waals surface area contributed by atoms with E-state index in [9.17, 15) is 5.26 Å². The third-order valence-electron chi connectivity index (χ3n) is 3.16. The van der Waals surface area contributed by atoms with Crippen molar-refractivity contribution in [1.82, 2.24) is 9.78 Å². The number of nitriles is 1. The fourth-order valence-electron chi connectivity index (χ4n) is 2.21. The summed E-state index contributed by atoms with van der Waals surface area (Å²) in [4.78, 5) is 0.942. The molecule has 0 unspecified atom stereocenters. The average molecular weight is 280 g/mol. The second-order valence-corrected chi connectivity index (χ2v) is 5.19. The van der Waals surface area contributed by atoms with E-state index in [1.807, 2.05) is 42.7 Å². The van der Waals surface area contributed by atoms with E-state index in [4.69, 9.17) is 5.73 Å². The quantitative estimate of drug-likeness (QED) is 0.578. The van der Waals surface area contributed by atoms with Gasteiger partial charge in [-0.05, 0) is 36.6 Å². The summed E-state index contributed by atoms with van der Waals surface area (Å²) >= 11 is 1.55. The molecule has 0 bridgehead atoms. The maximum absolute atomic E-state index is 9.43. The van der Waals surface area contributed by atoms with Crippen molar-refractivity contribution in [2.24, 2.45) is 0 Å². The number of thioether (sulfide) groups is 1. The molecule has 0 amide bonds. The van der Waals surface area contributed by atoms with Gasteiger partial charge in [-0.25, -0.2) is 4.68 Å². The van der Waals surface area contributed by atoms with Crippen molar-refractivity contribution >= 4 is 28.4 Å². The minimum absolute atomic E-state index is 0.632. The highest BCUT2D eigenvalue weighted by molar-refractivity contribution is 7.98. The molecule has 3 rings (SSSR count). The van der Waals surface area contributed by atoms with E-state index in [1.54, 1.807) is 22.6 Å². The maximum Gasteiger partial charge on any atom is 0.103 e. The molecule has 0 saturated carbocycles. The van der Waals surface area contributed by atoms with Gasteiger partial charge < -0.3 is 5.73 Å². The molecule has 1 heterocycles. The van der Waals surface area contributed by atoms with Gasteiger partial charge in [0.15, 0.2) is 0 Å². The van der Waals surface area contributed by atoms with E-state index in [1.165, 1.54) is 0 Å². The van der Waals surface area contributed by atoms with E-state index in [0.717, 1.165) is 21.5 Å². The van der Waals surface area contributed by atoms with Crippen LogP contribution in [0.25, 0.3) is 16.6 Å². The summed E-state index contributed by atoms with van der Waals surface area (Å²) in [5.74, 6) is 0. The Labute approximate surface area is 120 Å². The minimum Gasteiger partial charge on any atom is -0.399 e. The van der Waals surface area contributed by atoms with Crippen LogP contribution in [-0.4, -0.2) is 16.0 Å². The lowest BCUT2D eigenvalue weighted by Gasteiger charge is -2.09. The molecule has 0 aliphatic rings. The Morgan fingerprint density at radius 2 is 2.15 bits per heavy atom. The summed E-state index contributed by atoms with van der Waals surface area (Å²) in [6.07, 6.45) is 3.74. The molecule has 0 aliphatic carbocycles. The number of benzene rings is 2. The van der Waals surface area contributed by atoms with Crippen molar-refractivity contribution < 1.29 is 0 Å². The van der Waals surface area contributed by atoms with E-state index in [2.05, 4.69) is 11.2 Å². The topological polar surface area (TPSA) is 67.6 Å². The largest absolute Gasteiger partial charge is 0.399 e. The van der Waals surface area contributed by atoms with Crippen molar-refractivity contribution in [3.63, 3.8) is 0 Å². The summed E-state index contributed by atoms with van der Waals surface area (Å²) in [7, 11) is 0. The molecule has 2 aromatic carbocycles. The molecule has 0 aliphatic heterocycles. The molecule has 0 atom stereocenters. The number of fused-ring (bicyclic) bond motifs is 1. The molecule has 0 spiro atoms. The smallest absolute Gasteiger partial charge is 0.103 e. The predicted molar refractivity (Wildman–Crippen MR) is 82.0 cm³/mol. The molecule has 3 aromatic rings. The van der Waals surface area contributed by atoms with Gasteiger partial charge in [0.25, 0.3) is 0 Å². The maximum atomic E-state index is 9.43. The Hall–Kier alpha value is -2.45. The van der Waals surface area contributed by atoms with Crippen molar-refractivity contribution in [3.05, 3.63) is 48.2 Å². The number of hydrogen-bond donors (Lipinski definition) is 1. The van der Waals surface area contributed by atoms with Crippen LogP contribution >= 0.6 is 11.8 Å². The molecular weight excluding hydrogens is 268 g/mol. The van der Waals surface area contributed by atoms with Crippen molar-refractivity contribution in [2.75, 3.05) is 12.0 Å². The van der Waals surface area contributed by atoms with Crippen molar-refractivity contribution in [3.8, 4) is 11.8 Å². The van der Waals surface area contributed by atoms with Gasteiger partial charge in [-0.15, -0.1) is 11.8 Å². The molecule has 4 nitrogen and oxygen atoms in total. The SMILES string of the molecule is CSc1cccc(-n2ncc3ccc(N)cc32)c1C#N. The van der Waals surface area contributed by atoms with Crippen LogP contribution in [0.1, 0.15) is 5.56 Å². The molecule has 2 N–H and O–H groups in total. The molecule has 98 valence electrons. The van der Waals surface area contributed by atoms with Crippen LogP contribution in [0.5, 0.6) is 0 Å². The third kappa shape index (κ3) is 1.91. The summed E-state index contributed by atoms with van der Waals surface area (Å²) in [5.41, 5.74) is 8.84. The van der Waals surface area contributed by atoms with Crippen molar-refractivity contribution in [1.29, 1.82) is 5.26 Å². The number of nitrogen functional groups attached to an aromatic ring is 1. The zero-order valence-electron chi connectivity index (χ0n) is 10.9.